The molecule has 0 unspecified atom stereocenters. The van der Waals surface area contributed by atoms with Crippen molar-refractivity contribution in [3.63, 3.8) is 0 Å². The van der Waals surface area contributed by atoms with Gasteiger partial charge in [-0.05, 0) is 112 Å². The molecular weight excluding hydrogens is 1570 g/mol. The monoisotopic (exact) mass is 1640 g/mol. The molecule has 8 aromatic heterocycles. The second kappa shape index (κ2) is 28.7. The van der Waals surface area contributed by atoms with Gasteiger partial charge < -0.3 is 13.7 Å². The van der Waals surface area contributed by atoms with Crippen LogP contribution in [0.1, 0.15) is 0 Å². The van der Waals surface area contributed by atoms with E-state index >= 15 is 0 Å². The largest absolute Gasteiger partial charge is 0.309 e. The molecule has 0 bridgehead atoms. The normalized spacial score (nSPS) is 12.0. The van der Waals surface area contributed by atoms with E-state index in [9.17, 15) is 0 Å². The lowest BCUT2D eigenvalue weighted by molar-refractivity contribution is 0.955. The van der Waals surface area contributed by atoms with Gasteiger partial charge in [0, 0.05) is 139 Å². The number of fused-ring (bicyclic) bond motifs is 27. The smallest absolute Gasteiger partial charge is 0.238 e. The molecule has 0 radical (unpaired) electrons. The van der Waals surface area contributed by atoms with Gasteiger partial charge in [0.05, 0.1) is 61.2 Å². The van der Waals surface area contributed by atoms with Crippen molar-refractivity contribution in [2.75, 3.05) is 0 Å². The van der Waals surface area contributed by atoms with Gasteiger partial charge in [-0.3, -0.25) is 4.57 Å². The molecule has 0 spiro atoms. The van der Waals surface area contributed by atoms with Crippen molar-refractivity contribution < 1.29 is 0 Å². The first-order valence-electron chi connectivity index (χ1n) is 42.6. The van der Waals surface area contributed by atoms with Crippen molar-refractivity contribution in [3.8, 4) is 90.8 Å². The summed E-state index contributed by atoms with van der Waals surface area (Å²) in [6, 6.07) is 150. The summed E-state index contributed by atoms with van der Waals surface area (Å²) in [6.45, 7) is 0. The Morgan fingerprint density at radius 1 is 0.190 bits per heavy atom. The van der Waals surface area contributed by atoms with Gasteiger partial charge in [0.1, 0.15) is 0 Å². The van der Waals surface area contributed by atoms with Gasteiger partial charge >= 0.3 is 0 Å². The minimum absolute atomic E-state index is 0.592. The van der Waals surface area contributed by atoms with Crippen molar-refractivity contribution in [1.82, 2.24) is 43.2 Å². The molecule has 19 aromatic carbocycles. The Morgan fingerprint density at radius 3 is 1.05 bits per heavy atom. The first-order chi connectivity index (χ1) is 62.5. The lowest BCUT2D eigenvalue weighted by Gasteiger charge is -2.13. The van der Waals surface area contributed by atoms with Gasteiger partial charge in [-0.1, -0.05) is 334 Å². The lowest BCUT2D eigenvalue weighted by atomic mass is 9.99. The number of thiophene rings is 2. The number of aromatic nitrogens is 9. The van der Waals surface area contributed by atoms with E-state index in [0.29, 0.717) is 23.4 Å². The molecule has 0 aliphatic heterocycles. The second-order valence-electron chi connectivity index (χ2n) is 32.5. The van der Waals surface area contributed by atoms with E-state index in [1.54, 1.807) is 0 Å². The number of rotatable bonds is 10. The number of nitrogens with zero attached hydrogens (tertiary/aromatic N) is 9. The van der Waals surface area contributed by atoms with Gasteiger partial charge in [0.2, 0.25) is 5.95 Å². The van der Waals surface area contributed by atoms with E-state index < -0.39 is 0 Å². The molecule has 27 rings (SSSR count). The Hall–Kier alpha value is -16.3. The summed E-state index contributed by atoms with van der Waals surface area (Å²) in [5.74, 6) is 2.57. The molecule has 586 valence electrons. The number of hydrogen-bond acceptors (Lipinski definition) is 7. The molecule has 0 aliphatic rings. The topological polar surface area (TPSA) is 84.2 Å². The molecule has 126 heavy (non-hydrogen) atoms. The third kappa shape index (κ3) is 11.2. The number of hydrogen-bond donors (Lipinski definition) is 0. The van der Waals surface area contributed by atoms with Gasteiger partial charge in [0.25, 0.3) is 0 Å². The van der Waals surface area contributed by atoms with Crippen LogP contribution in [0.4, 0.5) is 0 Å². The standard InChI is InChI=1S/C60H36N4S.C55H33N5S/c1-3-17-38(18-4-1)49-35-50(62-60(61-49)40-19-5-2-6-20-40)39-30-32-41(33-31-39)63-53-28-14-12-26-46(53)57-58(63)45-25-10-9-24-44(45)56-48-34-47-43-23-11-13-27-52(43)64(54(47)36-55(48)65-59(56)57)51-29-15-21-37-16-7-8-22-42(37)51;1-4-16-34(17-5-1)35-28-30-38(31-29-35)59-45-26-14-12-22-39(45)43-32-44-48(33-47(43)59)61-52-49(44)40-23-10-11-24-41(40)51-50(52)42-25-13-15-27-46(42)60(51)55-57-53(36-18-6-2-7-19-36)56-54(58-55)37-20-8-3-9-21-37/h1-36H;1-33H. The highest BCUT2D eigenvalue weighted by Crippen LogP contribution is 2.53. The number of benzene rings is 19. The summed E-state index contributed by atoms with van der Waals surface area (Å²) < 4.78 is 14.8. The predicted octanol–water partition coefficient (Wildman–Crippen LogP) is 30.9. The van der Waals surface area contributed by atoms with E-state index in [-0.39, 0.29) is 0 Å². The van der Waals surface area contributed by atoms with Crippen molar-refractivity contribution in [3.05, 3.63) is 419 Å². The van der Waals surface area contributed by atoms with E-state index in [1.807, 2.05) is 83.3 Å². The second-order valence-corrected chi connectivity index (χ2v) is 34.6. The highest BCUT2D eigenvalue weighted by atomic mass is 32.1. The van der Waals surface area contributed by atoms with E-state index in [4.69, 9.17) is 24.9 Å². The molecule has 11 heteroatoms. The van der Waals surface area contributed by atoms with Gasteiger partial charge in [-0.25, -0.2) is 15.0 Å². The molecule has 27 aromatic rings. The maximum Gasteiger partial charge on any atom is 0.238 e. The fraction of sp³-hybridized carbons (Fsp3) is 0. The Kier molecular flexibility index (Phi) is 16.3. The van der Waals surface area contributed by atoms with Crippen molar-refractivity contribution >= 4 is 183 Å². The summed E-state index contributed by atoms with van der Waals surface area (Å²) in [7, 11) is 0. The molecule has 0 saturated carbocycles. The molecule has 0 aliphatic carbocycles. The fourth-order valence-corrected chi connectivity index (χ4v) is 22.5. The van der Waals surface area contributed by atoms with Gasteiger partial charge in [-0.15, -0.1) is 22.7 Å². The van der Waals surface area contributed by atoms with Crippen LogP contribution < -0.4 is 0 Å². The zero-order valence-corrected chi connectivity index (χ0v) is 69.3. The number of para-hydroxylation sites is 4. The average Bonchev–Trinajstić information content (AvgIpc) is 1.53. The van der Waals surface area contributed by atoms with Crippen LogP contribution in [0, 0.1) is 0 Å². The minimum Gasteiger partial charge on any atom is -0.309 e. The van der Waals surface area contributed by atoms with E-state index in [1.165, 1.54) is 160 Å². The Morgan fingerprint density at radius 2 is 0.540 bits per heavy atom. The van der Waals surface area contributed by atoms with Crippen LogP contribution in [0.5, 0.6) is 0 Å². The first kappa shape index (κ1) is 71.4. The average molecular weight is 1640 g/mol. The van der Waals surface area contributed by atoms with Crippen LogP contribution in [-0.4, -0.2) is 43.2 Å². The predicted molar refractivity (Wildman–Crippen MR) is 530 cm³/mol. The Labute approximate surface area is 729 Å². The Balaban J connectivity index is 0.000000134. The summed E-state index contributed by atoms with van der Waals surface area (Å²) in [6.07, 6.45) is 0. The molecule has 0 atom stereocenters. The van der Waals surface area contributed by atoms with E-state index in [2.05, 4.69) is 376 Å². The lowest BCUT2D eigenvalue weighted by Crippen LogP contribution is -2.06. The summed E-state index contributed by atoms with van der Waals surface area (Å²) in [4.78, 5) is 25.7. The zero-order valence-electron chi connectivity index (χ0n) is 67.7. The van der Waals surface area contributed by atoms with Gasteiger partial charge in [-0.2, -0.15) is 9.97 Å². The van der Waals surface area contributed by atoms with Gasteiger partial charge in [0.15, 0.2) is 17.5 Å². The molecule has 8 heterocycles. The summed E-state index contributed by atoms with van der Waals surface area (Å²) in [5, 5.41) is 22.5. The minimum atomic E-state index is 0.592. The molecule has 0 amide bonds. The van der Waals surface area contributed by atoms with Crippen LogP contribution in [0.25, 0.3) is 251 Å². The van der Waals surface area contributed by atoms with Crippen LogP contribution in [0.15, 0.2) is 419 Å². The summed E-state index contributed by atoms with van der Waals surface area (Å²) in [5.41, 5.74) is 22.0. The Bertz CT molecular complexity index is 9010. The maximum absolute atomic E-state index is 5.26. The van der Waals surface area contributed by atoms with Crippen molar-refractivity contribution in [2.45, 2.75) is 0 Å². The molecule has 0 saturated heterocycles. The highest BCUT2D eigenvalue weighted by molar-refractivity contribution is 7.27. The van der Waals surface area contributed by atoms with Crippen LogP contribution in [0.3, 0.4) is 0 Å². The third-order valence-corrected chi connectivity index (χ3v) is 27.8. The highest BCUT2D eigenvalue weighted by Gasteiger charge is 2.28. The summed E-state index contributed by atoms with van der Waals surface area (Å²) >= 11 is 3.80. The van der Waals surface area contributed by atoms with Crippen molar-refractivity contribution in [2.24, 2.45) is 0 Å². The fourth-order valence-electron chi connectivity index (χ4n) is 19.9. The molecule has 0 fully saturated rings. The molecule has 9 nitrogen and oxygen atoms in total. The van der Waals surface area contributed by atoms with E-state index in [0.717, 1.165) is 67.0 Å². The molecule has 0 N–H and O–H groups in total. The van der Waals surface area contributed by atoms with Crippen molar-refractivity contribution in [1.29, 1.82) is 0 Å². The van der Waals surface area contributed by atoms with Crippen LogP contribution >= 0.6 is 22.7 Å². The first-order valence-corrected chi connectivity index (χ1v) is 44.2. The maximum atomic E-state index is 5.26. The third-order valence-electron chi connectivity index (χ3n) is 25.4. The van der Waals surface area contributed by atoms with Crippen LogP contribution in [0.2, 0.25) is 0 Å². The zero-order chi connectivity index (χ0) is 82.6. The SMILES string of the molecule is c1ccc(-c2cc(-c3ccc(-n4c5ccccc5c5c6sc7cc8c(cc7c6c6ccccc6c54)c4ccccc4n8-c4cccc5ccccc45)cc3)nc(-c3ccccc3)n2)cc1.c1ccc(-c2ccc(-n3c4ccccc4c4cc5c(cc43)sc3c5c4ccccc4c4c3c3ccccc3n4-c3nc(-c4ccccc4)nc(-c4ccccc4)n3)cc2)cc1. The quantitative estimate of drug-likeness (QED) is 0.136. The van der Waals surface area contributed by atoms with Crippen LogP contribution in [-0.2, 0) is 0 Å². The molecular formula is C115H69N9S2.